The summed E-state index contributed by atoms with van der Waals surface area (Å²) in [5, 5.41) is 1.70. The van der Waals surface area contributed by atoms with Crippen LogP contribution in [-0.4, -0.2) is 62.4 Å². The molecule has 7 nitrogen and oxygen atoms in total. The Morgan fingerprint density at radius 2 is 1.81 bits per heavy atom. The lowest BCUT2D eigenvalue weighted by atomic mass is 9.99. The number of benzene rings is 3. The summed E-state index contributed by atoms with van der Waals surface area (Å²) in [6.07, 6.45) is 3.32. The third-order valence-electron chi connectivity index (χ3n) is 7.70. The first kappa shape index (κ1) is 28.4. The molecule has 0 saturated heterocycles. The standard InChI is InChI=1S/C34H37N3O4S/c1-23-16-30-32-29(26-10-7-11-28(17-26)42(38,39)27-12-13-27)14-15-31(33(32)36-34(30)35-18-23)41-22-25(19-37(2)3)21-40-20-24-8-5-4-6-9-24/h4-11,14-18,25,27H,12-13,19-22H2,1-3H3,(H,35,36)/t25-/m0/s1. The van der Waals surface area contributed by atoms with E-state index in [-0.39, 0.29) is 11.2 Å². The fourth-order valence-corrected chi connectivity index (χ4v) is 7.23. The third-order valence-corrected chi connectivity index (χ3v) is 9.96. The van der Waals surface area contributed by atoms with Gasteiger partial charge in [-0.1, -0.05) is 42.5 Å². The van der Waals surface area contributed by atoms with Crippen LogP contribution in [0, 0.1) is 12.8 Å². The van der Waals surface area contributed by atoms with E-state index in [0.29, 0.717) is 24.7 Å². The summed E-state index contributed by atoms with van der Waals surface area (Å²) < 4.78 is 38.6. The number of fused-ring (bicyclic) bond motifs is 3. The summed E-state index contributed by atoms with van der Waals surface area (Å²) in [6.45, 7) is 4.47. The maximum atomic E-state index is 13.0. The van der Waals surface area contributed by atoms with E-state index in [2.05, 4.69) is 47.2 Å². The van der Waals surface area contributed by atoms with Crippen molar-refractivity contribution in [1.29, 1.82) is 0 Å². The summed E-state index contributed by atoms with van der Waals surface area (Å²) in [5.41, 5.74) is 5.62. The lowest BCUT2D eigenvalue weighted by Crippen LogP contribution is -2.29. The first-order valence-electron chi connectivity index (χ1n) is 14.4. The normalized spacial score (nSPS) is 14.6. The van der Waals surface area contributed by atoms with Crippen molar-refractivity contribution in [3.05, 3.63) is 90.1 Å². The zero-order valence-corrected chi connectivity index (χ0v) is 25.2. The molecule has 6 rings (SSSR count). The molecule has 2 heterocycles. The van der Waals surface area contributed by atoms with E-state index < -0.39 is 9.84 Å². The zero-order chi connectivity index (χ0) is 29.3. The minimum absolute atomic E-state index is 0.160. The largest absolute Gasteiger partial charge is 0.491 e. The second kappa shape index (κ2) is 11.9. The second-order valence-corrected chi connectivity index (χ2v) is 13.8. The molecule has 0 bridgehead atoms. The zero-order valence-electron chi connectivity index (χ0n) is 24.3. The number of rotatable bonds is 12. The number of ether oxygens (including phenoxy) is 2. The van der Waals surface area contributed by atoms with Crippen LogP contribution in [0.25, 0.3) is 33.1 Å². The van der Waals surface area contributed by atoms with Crippen LogP contribution in [0.3, 0.4) is 0 Å². The van der Waals surface area contributed by atoms with Gasteiger partial charge in [0.25, 0.3) is 0 Å². The molecule has 0 spiro atoms. The molecule has 0 radical (unpaired) electrons. The third kappa shape index (κ3) is 6.07. The Hall–Kier alpha value is -3.72. The topological polar surface area (TPSA) is 84.5 Å². The lowest BCUT2D eigenvalue weighted by Gasteiger charge is -2.22. The van der Waals surface area contributed by atoms with Gasteiger partial charge in [0.2, 0.25) is 0 Å². The number of pyridine rings is 1. The molecular weight excluding hydrogens is 546 g/mol. The van der Waals surface area contributed by atoms with E-state index >= 15 is 0 Å². The van der Waals surface area contributed by atoms with Gasteiger partial charge in [0.1, 0.15) is 11.4 Å². The van der Waals surface area contributed by atoms with Crippen LogP contribution in [-0.2, 0) is 21.2 Å². The predicted octanol–water partition coefficient (Wildman–Crippen LogP) is 6.40. The summed E-state index contributed by atoms with van der Waals surface area (Å²) in [5.74, 6) is 0.894. The fraction of sp³-hybridized carbons (Fsp3) is 0.324. The smallest absolute Gasteiger partial charge is 0.181 e. The van der Waals surface area contributed by atoms with Gasteiger partial charge in [-0.2, -0.15) is 0 Å². The van der Waals surface area contributed by atoms with Crippen LogP contribution < -0.4 is 4.74 Å². The fourth-order valence-electron chi connectivity index (χ4n) is 5.53. The number of aryl methyl sites for hydroxylation is 1. The van der Waals surface area contributed by atoms with Crippen molar-refractivity contribution < 1.29 is 17.9 Å². The van der Waals surface area contributed by atoms with Crippen molar-refractivity contribution in [1.82, 2.24) is 14.9 Å². The number of H-pyrrole nitrogens is 1. The quantitative estimate of drug-likeness (QED) is 0.183. The molecule has 3 aromatic carbocycles. The Morgan fingerprint density at radius 1 is 1.00 bits per heavy atom. The monoisotopic (exact) mass is 583 g/mol. The molecular formula is C34H37N3O4S. The van der Waals surface area contributed by atoms with Crippen LogP contribution in [0.4, 0.5) is 0 Å². The van der Waals surface area contributed by atoms with Gasteiger partial charge < -0.3 is 19.4 Å². The van der Waals surface area contributed by atoms with Gasteiger partial charge in [0.15, 0.2) is 9.84 Å². The number of sulfone groups is 1. The SMILES string of the molecule is Cc1cnc2[nH]c3c(OC[C@H](COCc4ccccc4)CN(C)C)ccc(-c4cccc(S(=O)(=O)C5CC5)c4)c3c2c1. The maximum absolute atomic E-state index is 13.0. The predicted molar refractivity (Wildman–Crippen MR) is 168 cm³/mol. The van der Waals surface area contributed by atoms with Crippen molar-refractivity contribution in [2.24, 2.45) is 5.92 Å². The maximum Gasteiger partial charge on any atom is 0.181 e. The molecule has 2 aromatic heterocycles. The molecule has 5 aromatic rings. The Labute approximate surface area is 247 Å². The Balaban J connectivity index is 1.32. The van der Waals surface area contributed by atoms with Crippen molar-refractivity contribution in [3.63, 3.8) is 0 Å². The lowest BCUT2D eigenvalue weighted by molar-refractivity contribution is 0.0576. The Bertz CT molecular complexity index is 1810. The Morgan fingerprint density at radius 3 is 2.57 bits per heavy atom. The Kier molecular flexibility index (Phi) is 8.03. The van der Waals surface area contributed by atoms with Gasteiger partial charge in [-0.3, -0.25) is 0 Å². The van der Waals surface area contributed by atoms with Gasteiger partial charge >= 0.3 is 0 Å². The highest BCUT2D eigenvalue weighted by molar-refractivity contribution is 7.92. The minimum atomic E-state index is -3.31. The second-order valence-electron chi connectivity index (χ2n) is 11.6. The van der Waals surface area contributed by atoms with E-state index in [1.807, 2.05) is 61.7 Å². The highest BCUT2D eigenvalue weighted by atomic mass is 32.2. The van der Waals surface area contributed by atoms with E-state index in [4.69, 9.17) is 9.47 Å². The van der Waals surface area contributed by atoms with Crippen molar-refractivity contribution >= 4 is 31.8 Å². The van der Waals surface area contributed by atoms with Crippen LogP contribution >= 0.6 is 0 Å². The van der Waals surface area contributed by atoms with E-state index in [1.165, 1.54) is 0 Å². The molecule has 1 aliphatic rings. The number of nitrogens with zero attached hydrogens (tertiary/aromatic N) is 2. The number of hydrogen-bond donors (Lipinski definition) is 1. The average molecular weight is 584 g/mol. The average Bonchev–Trinajstić information content (AvgIpc) is 3.78. The molecule has 218 valence electrons. The molecule has 1 fully saturated rings. The van der Waals surface area contributed by atoms with Crippen molar-refractivity contribution in [3.8, 4) is 16.9 Å². The highest BCUT2D eigenvalue weighted by Crippen LogP contribution is 2.41. The van der Waals surface area contributed by atoms with E-state index in [1.54, 1.807) is 6.07 Å². The highest BCUT2D eigenvalue weighted by Gasteiger charge is 2.37. The molecule has 42 heavy (non-hydrogen) atoms. The van der Waals surface area contributed by atoms with Gasteiger partial charge in [-0.05, 0) is 86.4 Å². The van der Waals surface area contributed by atoms with Crippen molar-refractivity contribution in [2.75, 3.05) is 33.9 Å². The summed E-state index contributed by atoms with van der Waals surface area (Å²) >= 11 is 0. The summed E-state index contributed by atoms with van der Waals surface area (Å²) in [7, 11) is 0.804. The molecule has 0 aliphatic heterocycles. The summed E-state index contributed by atoms with van der Waals surface area (Å²) in [6, 6.07) is 23.6. The molecule has 1 atom stereocenters. The van der Waals surface area contributed by atoms with Gasteiger partial charge in [0.05, 0.1) is 35.5 Å². The van der Waals surface area contributed by atoms with E-state index in [0.717, 1.165) is 69.3 Å². The molecule has 8 heteroatoms. The first-order valence-corrected chi connectivity index (χ1v) is 16.0. The molecule has 1 N–H and O–H groups in total. The van der Waals surface area contributed by atoms with Crippen LogP contribution in [0.5, 0.6) is 5.75 Å². The van der Waals surface area contributed by atoms with Gasteiger partial charge in [-0.15, -0.1) is 0 Å². The molecule has 1 aliphatic carbocycles. The van der Waals surface area contributed by atoms with E-state index in [9.17, 15) is 8.42 Å². The number of hydrogen-bond acceptors (Lipinski definition) is 6. The molecule has 0 unspecified atom stereocenters. The first-order chi connectivity index (χ1) is 20.3. The van der Waals surface area contributed by atoms with Gasteiger partial charge in [-0.25, -0.2) is 13.4 Å². The number of aromatic nitrogens is 2. The number of nitrogens with one attached hydrogen (secondary N) is 1. The number of aromatic amines is 1. The van der Waals surface area contributed by atoms with Crippen LogP contribution in [0.15, 0.2) is 83.9 Å². The van der Waals surface area contributed by atoms with Crippen LogP contribution in [0.2, 0.25) is 0 Å². The molecule has 1 saturated carbocycles. The molecule has 0 amide bonds. The van der Waals surface area contributed by atoms with Gasteiger partial charge in [0, 0.05) is 29.4 Å². The van der Waals surface area contributed by atoms with Crippen LogP contribution in [0.1, 0.15) is 24.0 Å². The van der Waals surface area contributed by atoms with Crippen molar-refractivity contribution in [2.45, 2.75) is 36.5 Å². The summed E-state index contributed by atoms with van der Waals surface area (Å²) in [4.78, 5) is 10.7. The minimum Gasteiger partial charge on any atom is -0.491 e.